The Kier molecular flexibility index (Phi) is 8.07. The van der Waals surface area contributed by atoms with Crippen LogP contribution in [-0.2, 0) is 6.54 Å². The van der Waals surface area contributed by atoms with Crippen LogP contribution in [0.3, 0.4) is 0 Å². The number of piperidine rings is 1. The molecule has 25 heavy (non-hydrogen) atoms. The van der Waals surface area contributed by atoms with E-state index in [-0.39, 0.29) is 0 Å². The van der Waals surface area contributed by atoms with Crippen LogP contribution in [0.1, 0.15) is 44.1 Å². The summed E-state index contributed by atoms with van der Waals surface area (Å²) in [4.78, 5) is 5.12. The van der Waals surface area contributed by atoms with E-state index in [1.807, 2.05) is 0 Å². The van der Waals surface area contributed by atoms with E-state index < -0.39 is 0 Å². The van der Waals surface area contributed by atoms with Gasteiger partial charge in [0.2, 0.25) is 0 Å². The summed E-state index contributed by atoms with van der Waals surface area (Å²) >= 11 is 0. The first-order valence-electron chi connectivity index (χ1n) is 10.3. The Balaban J connectivity index is 1.25. The van der Waals surface area contributed by atoms with Crippen molar-refractivity contribution in [3.63, 3.8) is 0 Å². The molecule has 3 rings (SSSR count). The second-order valence-corrected chi connectivity index (χ2v) is 7.47. The molecule has 2 fully saturated rings. The normalized spacial score (nSPS) is 19.4. The van der Waals surface area contributed by atoms with Crippen LogP contribution in [0.5, 0.6) is 5.75 Å². The van der Waals surface area contributed by atoms with Gasteiger partial charge in [0.05, 0.1) is 6.61 Å². The maximum absolute atomic E-state index is 5.89. The molecule has 2 aliphatic heterocycles. The van der Waals surface area contributed by atoms with Gasteiger partial charge in [0, 0.05) is 26.2 Å². The molecule has 0 saturated carbocycles. The fourth-order valence-corrected chi connectivity index (χ4v) is 3.84. The van der Waals surface area contributed by atoms with Gasteiger partial charge in [-0.2, -0.15) is 0 Å². The van der Waals surface area contributed by atoms with Crippen LogP contribution in [0, 0.1) is 0 Å². The number of likely N-dealkylation sites (tertiary alicyclic amines) is 2. The van der Waals surface area contributed by atoms with Crippen molar-refractivity contribution in [1.82, 2.24) is 15.1 Å². The van der Waals surface area contributed by atoms with Crippen LogP contribution in [-0.4, -0.2) is 62.2 Å². The van der Waals surface area contributed by atoms with Crippen molar-refractivity contribution in [3.05, 3.63) is 29.8 Å². The monoisotopic (exact) mass is 345 g/mol. The van der Waals surface area contributed by atoms with Gasteiger partial charge in [-0.1, -0.05) is 18.6 Å². The molecule has 4 heteroatoms. The van der Waals surface area contributed by atoms with Crippen molar-refractivity contribution >= 4 is 0 Å². The summed E-state index contributed by atoms with van der Waals surface area (Å²) in [5.74, 6) is 1.000. The molecule has 1 aromatic rings. The zero-order valence-corrected chi connectivity index (χ0v) is 15.7. The van der Waals surface area contributed by atoms with Gasteiger partial charge in [0.15, 0.2) is 0 Å². The third-order valence-corrected chi connectivity index (χ3v) is 5.39. The molecule has 0 unspecified atom stereocenters. The minimum Gasteiger partial charge on any atom is -0.494 e. The lowest BCUT2D eigenvalue weighted by atomic mass is 10.1. The largest absolute Gasteiger partial charge is 0.494 e. The van der Waals surface area contributed by atoms with E-state index in [0.717, 1.165) is 31.9 Å². The lowest BCUT2D eigenvalue weighted by Crippen LogP contribution is -2.31. The Morgan fingerprint density at radius 3 is 2.16 bits per heavy atom. The third-order valence-electron chi connectivity index (χ3n) is 5.39. The van der Waals surface area contributed by atoms with E-state index >= 15 is 0 Å². The van der Waals surface area contributed by atoms with E-state index in [2.05, 4.69) is 39.4 Å². The molecule has 4 nitrogen and oxygen atoms in total. The van der Waals surface area contributed by atoms with Crippen molar-refractivity contribution in [2.75, 3.05) is 52.4 Å². The predicted octanol–water partition coefficient (Wildman–Crippen LogP) is 3.13. The van der Waals surface area contributed by atoms with E-state index in [1.165, 1.54) is 76.9 Å². The molecule has 1 aromatic carbocycles. The topological polar surface area (TPSA) is 27.7 Å². The molecule has 2 saturated heterocycles. The van der Waals surface area contributed by atoms with E-state index in [9.17, 15) is 0 Å². The molecule has 1 N–H and O–H groups in total. The molecule has 0 aliphatic carbocycles. The molecule has 0 aromatic heterocycles. The second kappa shape index (κ2) is 10.8. The molecule has 0 atom stereocenters. The van der Waals surface area contributed by atoms with Gasteiger partial charge in [0.1, 0.15) is 5.75 Å². The van der Waals surface area contributed by atoms with Crippen LogP contribution in [0.25, 0.3) is 0 Å². The lowest BCUT2D eigenvalue weighted by Gasteiger charge is -2.26. The average molecular weight is 346 g/mol. The standard InChI is InChI=1S/C21H35N3O/c1-2-12-23(13-3-1)16-6-18-25-21-9-7-20(8-10-21)19-22-11-17-24-14-4-5-15-24/h7-10,22H,1-6,11-19H2. The molecular formula is C21H35N3O. The Morgan fingerprint density at radius 1 is 0.800 bits per heavy atom. The SMILES string of the molecule is c1cc(OCCCN2CCCCC2)ccc1CNCCN1CCCC1. The summed E-state index contributed by atoms with van der Waals surface area (Å²) in [5, 5.41) is 3.55. The van der Waals surface area contributed by atoms with Crippen molar-refractivity contribution < 1.29 is 4.74 Å². The highest BCUT2D eigenvalue weighted by atomic mass is 16.5. The molecule has 0 bridgehead atoms. The number of nitrogens with one attached hydrogen (secondary N) is 1. The minimum absolute atomic E-state index is 0.823. The number of benzene rings is 1. The minimum atomic E-state index is 0.823. The zero-order valence-electron chi connectivity index (χ0n) is 15.7. The van der Waals surface area contributed by atoms with Crippen molar-refractivity contribution in [3.8, 4) is 5.75 Å². The van der Waals surface area contributed by atoms with Gasteiger partial charge in [-0.05, 0) is 76.0 Å². The zero-order chi connectivity index (χ0) is 17.2. The predicted molar refractivity (Wildman–Crippen MR) is 104 cm³/mol. The van der Waals surface area contributed by atoms with Crippen LogP contribution in [0.4, 0.5) is 0 Å². The number of ether oxygens (including phenoxy) is 1. The van der Waals surface area contributed by atoms with E-state index in [1.54, 1.807) is 0 Å². The van der Waals surface area contributed by atoms with Gasteiger partial charge in [-0.15, -0.1) is 0 Å². The second-order valence-electron chi connectivity index (χ2n) is 7.47. The van der Waals surface area contributed by atoms with Crippen LogP contribution >= 0.6 is 0 Å². The molecule has 140 valence electrons. The molecule has 2 aliphatic rings. The highest BCUT2D eigenvalue weighted by molar-refractivity contribution is 5.27. The fourth-order valence-electron chi connectivity index (χ4n) is 3.84. The Bertz CT molecular complexity index is 465. The van der Waals surface area contributed by atoms with Crippen molar-refractivity contribution in [1.29, 1.82) is 0 Å². The molecule has 0 amide bonds. The van der Waals surface area contributed by atoms with E-state index in [4.69, 9.17) is 4.74 Å². The molecular weight excluding hydrogens is 310 g/mol. The quantitative estimate of drug-likeness (QED) is 0.660. The lowest BCUT2D eigenvalue weighted by molar-refractivity contribution is 0.205. The van der Waals surface area contributed by atoms with Gasteiger partial charge < -0.3 is 19.9 Å². The first-order valence-corrected chi connectivity index (χ1v) is 10.3. The molecule has 0 radical (unpaired) electrons. The smallest absolute Gasteiger partial charge is 0.119 e. The Hall–Kier alpha value is -1.10. The summed E-state index contributed by atoms with van der Waals surface area (Å²) in [5.41, 5.74) is 1.34. The van der Waals surface area contributed by atoms with Gasteiger partial charge in [0.25, 0.3) is 0 Å². The van der Waals surface area contributed by atoms with Crippen LogP contribution in [0.2, 0.25) is 0 Å². The van der Waals surface area contributed by atoms with Gasteiger partial charge >= 0.3 is 0 Å². The molecule has 0 spiro atoms. The molecule has 2 heterocycles. The maximum atomic E-state index is 5.89. The maximum Gasteiger partial charge on any atom is 0.119 e. The van der Waals surface area contributed by atoms with E-state index in [0.29, 0.717) is 0 Å². The highest BCUT2D eigenvalue weighted by Gasteiger charge is 2.10. The van der Waals surface area contributed by atoms with Crippen LogP contribution < -0.4 is 10.1 Å². The van der Waals surface area contributed by atoms with Crippen molar-refractivity contribution in [2.24, 2.45) is 0 Å². The summed E-state index contributed by atoms with van der Waals surface area (Å²) in [6.45, 7) is 10.3. The number of rotatable bonds is 10. The van der Waals surface area contributed by atoms with Crippen molar-refractivity contribution in [2.45, 2.75) is 45.1 Å². The third kappa shape index (κ3) is 6.96. The Morgan fingerprint density at radius 2 is 1.44 bits per heavy atom. The summed E-state index contributed by atoms with van der Waals surface area (Å²) < 4.78 is 5.89. The fraction of sp³-hybridized carbons (Fsp3) is 0.714. The summed E-state index contributed by atoms with van der Waals surface area (Å²) in [7, 11) is 0. The highest BCUT2D eigenvalue weighted by Crippen LogP contribution is 2.13. The summed E-state index contributed by atoms with van der Waals surface area (Å²) in [6.07, 6.45) is 8.02. The number of hydrogen-bond donors (Lipinski definition) is 1. The summed E-state index contributed by atoms with van der Waals surface area (Å²) in [6, 6.07) is 8.59. The first kappa shape index (κ1) is 18.7. The Labute approximate surface area is 153 Å². The number of hydrogen-bond acceptors (Lipinski definition) is 4. The average Bonchev–Trinajstić information content (AvgIpc) is 3.18. The van der Waals surface area contributed by atoms with Gasteiger partial charge in [-0.3, -0.25) is 0 Å². The van der Waals surface area contributed by atoms with Gasteiger partial charge in [-0.25, -0.2) is 0 Å². The first-order chi connectivity index (χ1) is 12.4. The van der Waals surface area contributed by atoms with Crippen LogP contribution in [0.15, 0.2) is 24.3 Å². The number of nitrogens with zero attached hydrogens (tertiary/aromatic N) is 2.